The van der Waals surface area contributed by atoms with Gasteiger partial charge in [0, 0.05) is 36.0 Å². The summed E-state index contributed by atoms with van der Waals surface area (Å²) in [6.45, 7) is 6.98. The Morgan fingerprint density at radius 2 is 2.06 bits per heavy atom. The lowest BCUT2D eigenvalue weighted by atomic mass is 9.90. The van der Waals surface area contributed by atoms with Crippen molar-refractivity contribution in [1.29, 1.82) is 0 Å². The Balaban J connectivity index is 1.26. The average Bonchev–Trinajstić information content (AvgIpc) is 3.53. The minimum atomic E-state index is -0.542. The van der Waals surface area contributed by atoms with Crippen molar-refractivity contribution in [2.75, 3.05) is 38.2 Å². The highest BCUT2D eigenvalue weighted by Gasteiger charge is 2.37. The summed E-state index contributed by atoms with van der Waals surface area (Å²) in [6, 6.07) is 4.18. The number of hydrogen-bond donors (Lipinski definition) is 3. The van der Waals surface area contributed by atoms with Crippen molar-refractivity contribution in [2.24, 2.45) is 16.6 Å². The molecular formula is C25H37N5O2. The molecule has 1 saturated heterocycles. The Hall–Kier alpha value is -2.25. The van der Waals surface area contributed by atoms with Crippen molar-refractivity contribution in [3.8, 4) is 11.5 Å². The fourth-order valence-electron chi connectivity index (χ4n) is 5.57. The van der Waals surface area contributed by atoms with Crippen LogP contribution < -0.4 is 25.8 Å². The number of rotatable bonds is 7. The lowest BCUT2D eigenvalue weighted by Crippen LogP contribution is -2.61. The summed E-state index contributed by atoms with van der Waals surface area (Å²) in [6.07, 6.45) is 11.5. The number of hydrogen-bond acceptors (Lipinski definition) is 7. The zero-order valence-corrected chi connectivity index (χ0v) is 19.3. The van der Waals surface area contributed by atoms with Crippen molar-refractivity contribution in [1.82, 2.24) is 10.2 Å². The SMILES string of the molecule is CC1=CC(N)(C2CCCC2)NC(Nc2cc3c(c(OCCCN4CCCC4)c2)OCC3)=N1. The molecule has 0 radical (unpaired) electrons. The topological polar surface area (TPSA) is 84.1 Å². The highest BCUT2D eigenvalue weighted by atomic mass is 16.5. The third-order valence-corrected chi connectivity index (χ3v) is 7.19. The van der Waals surface area contributed by atoms with Gasteiger partial charge in [-0.2, -0.15) is 0 Å². The van der Waals surface area contributed by atoms with E-state index in [1.807, 2.05) is 13.0 Å². The van der Waals surface area contributed by atoms with Crippen LogP contribution in [-0.4, -0.2) is 49.4 Å². The predicted octanol–water partition coefficient (Wildman–Crippen LogP) is 3.61. The molecule has 1 aromatic carbocycles. The van der Waals surface area contributed by atoms with Gasteiger partial charge in [-0.05, 0) is 70.2 Å². The summed E-state index contributed by atoms with van der Waals surface area (Å²) in [5, 5.41) is 6.95. The molecule has 7 nitrogen and oxygen atoms in total. The molecule has 7 heteroatoms. The fraction of sp³-hybridized carbons (Fsp3) is 0.640. The van der Waals surface area contributed by atoms with Crippen molar-refractivity contribution < 1.29 is 9.47 Å². The third-order valence-electron chi connectivity index (χ3n) is 7.19. The maximum atomic E-state index is 6.79. The Morgan fingerprint density at radius 1 is 1.25 bits per heavy atom. The number of aliphatic imine (C=N–C) groups is 1. The maximum Gasteiger partial charge on any atom is 0.202 e. The van der Waals surface area contributed by atoms with Gasteiger partial charge in [0.15, 0.2) is 11.5 Å². The van der Waals surface area contributed by atoms with Gasteiger partial charge in [0.05, 0.1) is 13.2 Å². The van der Waals surface area contributed by atoms with Gasteiger partial charge in [-0.1, -0.05) is 12.8 Å². The van der Waals surface area contributed by atoms with Gasteiger partial charge in [-0.3, -0.25) is 0 Å². The molecule has 0 amide bonds. The van der Waals surface area contributed by atoms with Crippen molar-refractivity contribution in [3.05, 3.63) is 29.5 Å². The summed E-state index contributed by atoms with van der Waals surface area (Å²) in [5.41, 5.74) is 9.34. The molecule has 174 valence electrons. The van der Waals surface area contributed by atoms with Crippen LogP contribution in [0.15, 0.2) is 28.9 Å². The first-order chi connectivity index (χ1) is 15.6. The van der Waals surface area contributed by atoms with E-state index in [1.54, 1.807) is 0 Å². The zero-order valence-electron chi connectivity index (χ0n) is 19.3. The minimum Gasteiger partial charge on any atom is -0.490 e. The lowest BCUT2D eigenvalue weighted by molar-refractivity contribution is 0.251. The van der Waals surface area contributed by atoms with E-state index in [0.717, 1.165) is 55.1 Å². The monoisotopic (exact) mass is 439 g/mol. The largest absolute Gasteiger partial charge is 0.490 e. The quantitative estimate of drug-likeness (QED) is 0.563. The third kappa shape index (κ3) is 4.74. The van der Waals surface area contributed by atoms with Crippen molar-refractivity contribution in [3.63, 3.8) is 0 Å². The van der Waals surface area contributed by atoms with Crippen LogP contribution in [0.1, 0.15) is 57.4 Å². The molecule has 1 unspecified atom stereocenters. The van der Waals surface area contributed by atoms with E-state index in [-0.39, 0.29) is 0 Å². The molecule has 5 rings (SSSR count). The number of nitrogens with one attached hydrogen (secondary N) is 2. The first kappa shape index (κ1) is 21.6. The van der Waals surface area contributed by atoms with E-state index in [2.05, 4.69) is 32.7 Å². The molecule has 3 aliphatic heterocycles. The van der Waals surface area contributed by atoms with Crippen molar-refractivity contribution in [2.45, 2.75) is 64.0 Å². The van der Waals surface area contributed by atoms with Crippen molar-refractivity contribution >= 4 is 11.6 Å². The van der Waals surface area contributed by atoms with Crippen LogP contribution >= 0.6 is 0 Å². The van der Waals surface area contributed by atoms with Gasteiger partial charge in [0.25, 0.3) is 0 Å². The number of ether oxygens (including phenoxy) is 2. The van der Waals surface area contributed by atoms with Gasteiger partial charge in [0.1, 0.15) is 5.66 Å². The molecule has 0 aromatic heterocycles. The summed E-state index contributed by atoms with van der Waals surface area (Å²) >= 11 is 0. The molecule has 0 spiro atoms. The molecule has 3 heterocycles. The number of anilines is 1. The summed E-state index contributed by atoms with van der Waals surface area (Å²) in [4.78, 5) is 7.21. The number of nitrogens with zero attached hydrogens (tertiary/aromatic N) is 2. The molecule has 4 N–H and O–H groups in total. The predicted molar refractivity (Wildman–Crippen MR) is 128 cm³/mol. The Kier molecular flexibility index (Phi) is 6.28. The second-order valence-electron chi connectivity index (χ2n) is 9.72. The standard InChI is InChI=1S/C25H37N5O2/c1-18-17-25(26,20-7-2-3-8-20)29-24(27-18)28-21-15-19-9-14-32-23(19)22(16-21)31-13-6-12-30-10-4-5-11-30/h15-17,20H,2-14,26H2,1H3,(H2,27,28,29). The van der Waals surface area contributed by atoms with Gasteiger partial charge in [-0.25, -0.2) is 4.99 Å². The normalized spacial score (nSPS) is 25.7. The van der Waals surface area contributed by atoms with E-state index >= 15 is 0 Å². The number of likely N-dealkylation sites (tertiary alicyclic amines) is 1. The molecule has 1 saturated carbocycles. The highest BCUT2D eigenvalue weighted by Crippen LogP contribution is 2.39. The summed E-state index contributed by atoms with van der Waals surface area (Å²) < 4.78 is 12.1. The minimum absolute atomic E-state index is 0.438. The maximum absolute atomic E-state index is 6.79. The van der Waals surface area contributed by atoms with Crippen LogP contribution in [0.5, 0.6) is 11.5 Å². The lowest BCUT2D eigenvalue weighted by Gasteiger charge is -2.37. The van der Waals surface area contributed by atoms with E-state index in [9.17, 15) is 0 Å². The van der Waals surface area contributed by atoms with Crippen LogP contribution in [0.2, 0.25) is 0 Å². The molecule has 0 bridgehead atoms. The van der Waals surface area contributed by atoms with Crippen LogP contribution in [0.3, 0.4) is 0 Å². The number of allylic oxidation sites excluding steroid dienone is 1. The van der Waals surface area contributed by atoms with E-state index in [0.29, 0.717) is 25.1 Å². The molecule has 1 atom stereocenters. The first-order valence-electron chi connectivity index (χ1n) is 12.4. The first-order valence-corrected chi connectivity index (χ1v) is 12.4. The molecule has 4 aliphatic rings. The van der Waals surface area contributed by atoms with Gasteiger partial charge >= 0.3 is 0 Å². The van der Waals surface area contributed by atoms with E-state index in [4.69, 9.17) is 15.2 Å². The smallest absolute Gasteiger partial charge is 0.202 e. The van der Waals surface area contributed by atoms with E-state index in [1.165, 1.54) is 44.3 Å². The van der Waals surface area contributed by atoms with Gasteiger partial charge in [0.2, 0.25) is 5.96 Å². The molecule has 2 fully saturated rings. The second-order valence-corrected chi connectivity index (χ2v) is 9.72. The average molecular weight is 440 g/mol. The fourth-order valence-corrected chi connectivity index (χ4v) is 5.57. The second kappa shape index (κ2) is 9.32. The van der Waals surface area contributed by atoms with Crippen LogP contribution in [0, 0.1) is 5.92 Å². The highest BCUT2D eigenvalue weighted by molar-refractivity contribution is 5.96. The molecule has 1 aromatic rings. The summed E-state index contributed by atoms with van der Waals surface area (Å²) in [5.74, 6) is 2.86. The number of benzene rings is 1. The zero-order chi connectivity index (χ0) is 22.0. The number of guanidine groups is 1. The Morgan fingerprint density at radius 3 is 2.88 bits per heavy atom. The molecule has 1 aliphatic carbocycles. The Labute approximate surface area is 191 Å². The van der Waals surface area contributed by atoms with E-state index < -0.39 is 5.66 Å². The summed E-state index contributed by atoms with van der Waals surface area (Å²) in [7, 11) is 0. The van der Waals surface area contributed by atoms with Crippen LogP contribution in [-0.2, 0) is 6.42 Å². The van der Waals surface area contributed by atoms with Gasteiger partial charge < -0.3 is 30.7 Å². The van der Waals surface area contributed by atoms with Crippen LogP contribution in [0.4, 0.5) is 5.69 Å². The number of nitrogens with two attached hydrogens (primary N) is 1. The molecule has 32 heavy (non-hydrogen) atoms. The van der Waals surface area contributed by atoms with Crippen LogP contribution in [0.25, 0.3) is 0 Å². The van der Waals surface area contributed by atoms with Gasteiger partial charge in [-0.15, -0.1) is 0 Å². The Bertz CT molecular complexity index is 887. The molecular weight excluding hydrogens is 402 g/mol. The number of fused-ring (bicyclic) bond motifs is 1.